The summed E-state index contributed by atoms with van der Waals surface area (Å²) in [5.74, 6) is -0.204. The molecule has 5 nitrogen and oxygen atoms in total. The summed E-state index contributed by atoms with van der Waals surface area (Å²) < 4.78 is 1.67. The number of carbonyl (C=O) groups is 1. The number of carbonyl (C=O) groups excluding carboxylic acids is 1. The van der Waals surface area contributed by atoms with Crippen LogP contribution in [0.3, 0.4) is 0 Å². The highest BCUT2D eigenvalue weighted by molar-refractivity contribution is 5.91. The molecule has 0 aromatic carbocycles. The molecule has 1 rings (SSSR count). The molecule has 1 heterocycles. The van der Waals surface area contributed by atoms with Gasteiger partial charge in [-0.05, 0) is 12.5 Å². The van der Waals surface area contributed by atoms with Crippen LogP contribution < -0.4 is 5.32 Å². The van der Waals surface area contributed by atoms with Crippen LogP contribution in [-0.2, 0) is 11.8 Å². The number of nitrogens with one attached hydrogen (secondary N) is 1. The topological polar surface area (TPSA) is 67.2 Å². The van der Waals surface area contributed by atoms with Gasteiger partial charge in [0.2, 0.25) is 5.91 Å². The van der Waals surface area contributed by atoms with Crippen LogP contribution in [0.15, 0.2) is 18.5 Å². The largest absolute Gasteiger partial charge is 0.394 e. The van der Waals surface area contributed by atoms with E-state index in [-0.39, 0.29) is 18.6 Å². The Morgan fingerprint density at radius 2 is 2.50 bits per heavy atom. The first-order valence-corrected chi connectivity index (χ1v) is 5.23. The highest BCUT2D eigenvalue weighted by Crippen LogP contribution is 1.99. The average molecular weight is 223 g/mol. The molecule has 0 spiro atoms. The number of aromatic nitrogens is 2. The van der Waals surface area contributed by atoms with Crippen molar-refractivity contribution in [2.45, 2.75) is 19.4 Å². The van der Waals surface area contributed by atoms with Crippen molar-refractivity contribution in [3.63, 3.8) is 0 Å². The van der Waals surface area contributed by atoms with Crippen LogP contribution in [0.2, 0.25) is 0 Å². The minimum Gasteiger partial charge on any atom is -0.394 e. The van der Waals surface area contributed by atoms with Gasteiger partial charge in [0.25, 0.3) is 0 Å². The van der Waals surface area contributed by atoms with Gasteiger partial charge in [-0.2, -0.15) is 5.10 Å². The van der Waals surface area contributed by atoms with Crippen molar-refractivity contribution in [1.29, 1.82) is 0 Å². The maximum atomic E-state index is 11.4. The molecule has 0 saturated carbocycles. The van der Waals surface area contributed by atoms with Crippen LogP contribution in [0.4, 0.5) is 0 Å². The molecule has 1 amide bonds. The van der Waals surface area contributed by atoms with E-state index in [0.717, 1.165) is 5.56 Å². The summed E-state index contributed by atoms with van der Waals surface area (Å²) in [5, 5.41) is 15.6. The Kier molecular flexibility index (Phi) is 4.72. The molecule has 0 aliphatic heterocycles. The number of rotatable bonds is 5. The van der Waals surface area contributed by atoms with Gasteiger partial charge in [0.1, 0.15) is 0 Å². The fourth-order valence-electron chi connectivity index (χ4n) is 1.22. The lowest BCUT2D eigenvalue weighted by Gasteiger charge is -2.11. The standard InChI is InChI=1S/C11H17N3O2/c1-3-10(8-15)13-11(16)5-4-9-6-12-14(2)7-9/h4-7,10,15H,3,8H2,1-2H3,(H,13,16)/b5-4+/t10-/m1/s1. The number of aliphatic hydroxyl groups is 1. The first-order valence-electron chi connectivity index (χ1n) is 5.23. The quantitative estimate of drug-likeness (QED) is 0.706. The van der Waals surface area contributed by atoms with Crippen molar-refractivity contribution in [2.24, 2.45) is 7.05 Å². The zero-order valence-electron chi connectivity index (χ0n) is 9.55. The van der Waals surface area contributed by atoms with Crippen molar-refractivity contribution >= 4 is 12.0 Å². The van der Waals surface area contributed by atoms with Crippen LogP contribution in [0.1, 0.15) is 18.9 Å². The van der Waals surface area contributed by atoms with Gasteiger partial charge in [0.05, 0.1) is 18.8 Å². The van der Waals surface area contributed by atoms with Crippen LogP contribution in [0, 0.1) is 0 Å². The van der Waals surface area contributed by atoms with Gasteiger partial charge in [-0.3, -0.25) is 9.48 Å². The molecule has 1 aromatic rings. The lowest BCUT2D eigenvalue weighted by Crippen LogP contribution is -2.35. The van der Waals surface area contributed by atoms with Crippen molar-refractivity contribution in [1.82, 2.24) is 15.1 Å². The lowest BCUT2D eigenvalue weighted by molar-refractivity contribution is -0.117. The first-order chi connectivity index (χ1) is 7.65. The van der Waals surface area contributed by atoms with Gasteiger partial charge in [-0.25, -0.2) is 0 Å². The average Bonchev–Trinajstić information content (AvgIpc) is 2.69. The molecule has 1 atom stereocenters. The van der Waals surface area contributed by atoms with Gasteiger partial charge >= 0.3 is 0 Å². The number of aryl methyl sites for hydroxylation is 1. The van der Waals surface area contributed by atoms with Crippen LogP contribution >= 0.6 is 0 Å². The second-order valence-electron chi connectivity index (χ2n) is 3.58. The number of nitrogens with zero attached hydrogens (tertiary/aromatic N) is 2. The highest BCUT2D eigenvalue weighted by atomic mass is 16.3. The zero-order valence-corrected chi connectivity index (χ0v) is 9.55. The van der Waals surface area contributed by atoms with Crippen molar-refractivity contribution in [3.8, 4) is 0 Å². The normalized spacial score (nSPS) is 12.9. The maximum Gasteiger partial charge on any atom is 0.244 e. The summed E-state index contributed by atoms with van der Waals surface area (Å²) in [4.78, 5) is 11.4. The summed E-state index contributed by atoms with van der Waals surface area (Å²) >= 11 is 0. The molecular formula is C11H17N3O2. The van der Waals surface area contributed by atoms with E-state index < -0.39 is 0 Å². The van der Waals surface area contributed by atoms with Crippen LogP contribution in [-0.4, -0.2) is 33.4 Å². The Balaban J connectivity index is 2.48. The molecule has 1 aromatic heterocycles. The Labute approximate surface area is 94.8 Å². The smallest absolute Gasteiger partial charge is 0.244 e. The molecule has 0 fully saturated rings. The summed E-state index contributed by atoms with van der Waals surface area (Å²) in [6, 6.07) is -0.175. The van der Waals surface area contributed by atoms with E-state index in [0.29, 0.717) is 6.42 Å². The molecule has 5 heteroatoms. The first kappa shape index (κ1) is 12.4. The molecule has 0 bridgehead atoms. The van der Waals surface area contributed by atoms with E-state index in [1.807, 2.05) is 20.2 Å². The third kappa shape index (κ3) is 3.86. The lowest BCUT2D eigenvalue weighted by atomic mass is 10.2. The molecule has 2 N–H and O–H groups in total. The molecule has 0 aliphatic carbocycles. The summed E-state index contributed by atoms with van der Waals surface area (Å²) in [5.41, 5.74) is 0.870. The fraction of sp³-hybridized carbons (Fsp3) is 0.455. The van der Waals surface area contributed by atoms with E-state index in [1.165, 1.54) is 6.08 Å². The highest BCUT2D eigenvalue weighted by Gasteiger charge is 2.05. The summed E-state index contributed by atoms with van der Waals surface area (Å²) in [7, 11) is 1.82. The maximum absolute atomic E-state index is 11.4. The van der Waals surface area contributed by atoms with Gasteiger partial charge in [-0.15, -0.1) is 0 Å². The molecule has 0 radical (unpaired) electrons. The molecule has 16 heavy (non-hydrogen) atoms. The molecule has 0 saturated heterocycles. The van der Waals surface area contributed by atoms with E-state index in [9.17, 15) is 4.79 Å². The Morgan fingerprint density at radius 1 is 1.75 bits per heavy atom. The Bertz CT molecular complexity index is 367. The van der Waals surface area contributed by atoms with E-state index in [1.54, 1.807) is 17.0 Å². The Morgan fingerprint density at radius 3 is 3.00 bits per heavy atom. The molecule has 0 aliphatic rings. The van der Waals surface area contributed by atoms with Crippen molar-refractivity contribution in [2.75, 3.05) is 6.61 Å². The van der Waals surface area contributed by atoms with Gasteiger partial charge in [0.15, 0.2) is 0 Å². The van der Waals surface area contributed by atoms with Crippen LogP contribution in [0.25, 0.3) is 6.08 Å². The summed E-state index contributed by atoms with van der Waals surface area (Å²) in [6.45, 7) is 1.87. The fourth-order valence-corrected chi connectivity index (χ4v) is 1.22. The minimum absolute atomic E-state index is 0.0387. The third-order valence-corrected chi connectivity index (χ3v) is 2.21. The van der Waals surface area contributed by atoms with Crippen molar-refractivity contribution < 1.29 is 9.90 Å². The second kappa shape index (κ2) is 6.07. The van der Waals surface area contributed by atoms with E-state index >= 15 is 0 Å². The predicted molar refractivity (Wildman–Crippen MR) is 61.5 cm³/mol. The van der Waals surface area contributed by atoms with Gasteiger partial charge < -0.3 is 10.4 Å². The number of hydrogen-bond acceptors (Lipinski definition) is 3. The predicted octanol–water partition coefficient (Wildman–Crippen LogP) is 0.320. The third-order valence-electron chi connectivity index (χ3n) is 2.21. The number of hydrogen-bond donors (Lipinski definition) is 2. The van der Waals surface area contributed by atoms with Crippen molar-refractivity contribution in [3.05, 3.63) is 24.0 Å². The van der Waals surface area contributed by atoms with E-state index in [2.05, 4.69) is 10.4 Å². The second-order valence-corrected chi connectivity index (χ2v) is 3.58. The van der Waals surface area contributed by atoms with Gasteiger partial charge in [-0.1, -0.05) is 6.92 Å². The van der Waals surface area contributed by atoms with Gasteiger partial charge in [0, 0.05) is 24.9 Å². The molecular weight excluding hydrogens is 206 g/mol. The molecule has 0 unspecified atom stereocenters. The SMILES string of the molecule is CC[C@H](CO)NC(=O)/C=C/c1cnn(C)c1. The minimum atomic E-state index is -0.204. The van der Waals surface area contributed by atoms with E-state index in [4.69, 9.17) is 5.11 Å². The van der Waals surface area contributed by atoms with Crippen LogP contribution in [0.5, 0.6) is 0 Å². The summed E-state index contributed by atoms with van der Waals surface area (Å²) in [6.07, 6.45) is 7.32. The monoisotopic (exact) mass is 223 g/mol. The zero-order chi connectivity index (χ0) is 12.0. The number of aliphatic hydroxyl groups excluding tert-OH is 1. The number of amides is 1. The Hall–Kier alpha value is -1.62. The molecule has 88 valence electrons.